The fraction of sp³-hybridized carbons (Fsp3) is 0.154. The van der Waals surface area contributed by atoms with Gasteiger partial charge >= 0.3 is 0 Å². The minimum atomic E-state index is 0.0445. The van der Waals surface area contributed by atoms with Gasteiger partial charge in [0.1, 0.15) is 11.6 Å². The van der Waals surface area contributed by atoms with Gasteiger partial charge in [0.05, 0.1) is 16.1 Å². The number of rotatable bonds is 3. The lowest BCUT2D eigenvalue weighted by Gasteiger charge is -2.16. The number of pyridine rings is 1. The molecule has 19 heavy (non-hydrogen) atoms. The normalized spacial score (nSPS) is 12.2. The second-order valence-electron chi connectivity index (χ2n) is 4.11. The van der Waals surface area contributed by atoms with Crippen LogP contribution in [-0.4, -0.2) is 4.98 Å². The first-order valence-electron chi connectivity index (χ1n) is 5.61. The van der Waals surface area contributed by atoms with Crippen LogP contribution in [0, 0.1) is 0 Å². The molecule has 0 saturated heterocycles. The predicted octanol–water partition coefficient (Wildman–Crippen LogP) is 4.91. The Morgan fingerprint density at radius 2 is 2.00 bits per heavy atom. The summed E-state index contributed by atoms with van der Waals surface area (Å²) in [7, 11) is 0. The van der Waals surface area contributed by atoms with E-state index >= 15 is 0 Å². The molecule has 0 fully saturated rings. The van der Waals surface area contributed by atoms with Crippen molar-refractivity contribution in [1.29, 1.82) is 0 Å². The quantitative estimate of drug-likeness (QED) is 0.817. The molecule has 3 nitrogen and oxygen atoms in total. The number of anilines is 2. The first-order valence-corrected chi connectivity index (χ1v) is 7.16. The molecule has 6 heteroatoms. The minimum Gasteiger partial charge on any atom is -0.382 e. The Balaban J connectivity index is 2.24. The molecular weight excluding hydrogens is 349 g/mol. The highest BCUT2D eigenvalue weighted by Gasteiger charge is 2.11. The zero-order chi connectivity index (χ0) is 14.0. The third-order valence-electron chi connectivity index (χ3n) is 2.66. The van der Waals surface area contributed by atoms with Crippen molar-refractivity contribution < 1.29 is 0 Å². The first-order chi connectivity index (χ1) is 8.97. The molecule has 2 rings (SSSR count). The molecule has 2 aromatic rings. The fourth-order valence-corrected chi connectivity index (χ4v) is 2.48. The third kappa shape index (κ3) is 3.53. The van der Waals surface area contributed by atoms with Gasteiger partial charge in [-0.25, -0.2) is 4.98 Å². The molecular formula is C13H12BrCl2N3. The highest BCUT2D eigenvalue weighted by molar-refractivity contribution is 9.10. The van der Waals surface area contributed by atoms with Crippen LogP contribution in [0.5, 0.6) is 0 Å². The molecule has 100 valence electrons. The summed E-state index contributed by atoms with van der Waals surface area (Å²) in [6, 6.07) is 9.63. The van der Waals surface area contributed by atoms with Crippen LogP contribution in [0.2, 0.25) is 10.0 Å². The molecule has 0 aliphatic carbocycles. The highest BCUT2D eigenvalue weighted by atomic mass is 79.9. The van der Waals surface area contributed by atoms with Crippen LogP contribution < -0.4 is 11.1 Å². The van der Waals surface area contributed by atoms with Crippen LogP contribution in [-0.2, 0) is 0 Å². The Morgan fingerprint density at radius 1 is 1.26 bits per heavy atom. The van der Waals surface area contributed by atoms with Gasteiger partial charge in [0.2, 0.25) is 0 Å². The minimum absolute atomic E-state index is 0.0445. The summed E-state index contributed by atoms with van der Waals surface area (Å²) in [5.74, 6) is 0.783. The van der Waals surface area contributed by atoms with Crippen molar-refractivity contribution in [2.24, 2.45) is 0 Å². The van der Waals surface area contributed by atoms with E-state index in [9.17, 15) is 0 Å². The average Bonchev–Trinajstić information content (AvgIpc) is 2.36. The molecule has 0 bridgehead atoms. The van der Waals surface area contributed by atoms with Crippen molar-refractivity contribution in [1.82, 2.24) is 4.98 Å². The van der Waals surface area contributed by atoms with Gasteiger partial charge in [0.25, 0.3) is 0 Å². The van der Waals surface area contributed by atoms with Crippen molar-refractivity contribution in [2.45, 2.75) is 13.0 Å². The smallest absolute Gasteiger partial charge is 0.147 e. The summed E-state index contributed by atoms with van der Waals surface area (Å²) in [4.78, 5) is 4.15. The number of nitrogens with zero attached hydrogens (tertiary/aromatic N) is 1. The topological polar surface area (TPSA) is 50.9 Å². The maximum Gasteiger partial charge on any atom is 0.147 e. The van der Waals surface area contributed by atoms with Gasteiger partial charge in [-0.3, -0.25) is 0 Å². The Bertz CT molecular complexity index is 604. The van der Waals surface area contributed by atoms with E-state index in [0.29, 0.717) is 15.9 Å². The molecule has 1 heterocycles. The molecule has 0 radical (unpaired) electrons. The van der Waals surface area contributed by atoms with Gasteiger partial charge < -0.3 is 11.1 Å². The van der Waals surface area contributed by atoms with Gasteiger partial charge in [-0.2, -0.15) is 0 Å². The summed E-state index contributed by atoms with van der Waals surface area (Å²) in [5, 5.41) is 4.02. The molecule has 0 amide bonds. The molecule has 0 aliphatic heterocycles. The Morgan fingerprint density at radius 3 is 2.68 bits per heavy atom. The van der Waals surface area contributed by atoms with E-state index in [1.54, 1.807) is 6.07 Å². The van der Waals surface area contributed by atoms with Crippen molar-refractivity contribution in [3.63, 3.8) is 0 Å². The van der Waals surface area contributed by atoms with Crippen LogP contribution in [0.1, 0.15) is 18.5 Å². The van der Waals surface area contributed by atoms with E-state index < -0.39 is 0 Å². The zero-order valence-corrected chi connectivity index (χ0v) is 13.2. The zero-order valence-electron chi connectivity index (χ0n) is 10.1. The lowest BCUT2D eigenvalue weighted by atomic mass is 10.1. The second-order valence-corrected chi connectivity index (χ2v) is 5.84. The number of nitrogen functional groups attached to an aromatic ring is 1. The highest BCUT2D eigenvalue weighted by Crippen LogP contribution is 2.30. The monoisotopic (exact) mass is 359 g/mol. The maximum atomic E-state index is 6.09. The summed E-state index contributed by atoms with van der Waals surface area (Å²) < 4.78 is 1.02. The van der Waals surface area contributed by atoms with Crippen molar-refractivity contribution in [3.05, 3.63) is 50.4 Å². The number of aromatic nitrogens is 1. The largest absolute Gasteiger partial charge is 0.382 e. The first kappa shape index (κ1) is 14.4. The van der Waals surface area contributed by atoms with Crippen molar-refractivity contribution >= 4 is 50.8 Å². The predicted molar refractivity (Wildman–Crippen MR) is 84.8 cm³/mol. The maximum absolute atomic E-state index is 6.09. The number of benzene rings is 1. The van der Waals surface area contributed by atoms with Gasteiger partial charge in [-0.1, -0.05) is 51.3 Å². The van der Waals surface area contributed by atoms with Gasteiger partial charge in [-0.15, -0.1) is 0 Å². The molecule has 1 unspecified atom stereocenters. The van der Waals surface area contributed by atoms with Crippen molar-refractivity contribution in [3.8, 4) is 0 Å². The van der Waals surface area contributed by atoms with Gasteiger partial charge in [0, 0.05) is 4.47 Å². The van der Waals surface area contributed by atoms with E-state index in [-0.39, 0.29) is 11.9 Å². The number of nitrogens with one attached hydrogen (secondary N) is 1. The Hall–Kier alpha value is -0.970. The van der Waals surface area contributed by atoms with E-state index in [1.165, 1.54) is 0 Å². The van der Waals surface area contributed by atoms with E-state index in [1.807, 2.05) is 31.2 Å². The SMILES string of the molecule is CC(Nc1nc(N)c(Cl)cc1Cl)c1cccc(Br)c1. The summed E-state index contributed by atoms with van der Waals surface area (Å²) in [6.45, 7) is 2.02. The van der Waals surface area contributed by atoms with Crippen LogP contribution in [0.15, 0.2) is 34.8 Å². The standard InChI is InChI=1S/C13H12BrCl2N3/c1-7(8-3-2-4-9(14)5-8)18-13-11(16)6-10(15)12(17)19-13/h2-7H,1H3,(H3,17,18,19). The van der Waals surface area contributed by atoms with Gasteiger partial charge in [0.15, 0.2) is 0 Å². The molecule has 1 aromatic heterocycles. The summed E-state index contributed by atoms with van der Waals surface area (Å²) >= 11 is 15.4. The Labute approximate surface area is 130 Å². The molecule has 1 aromatic carbocycles. The second kappa shape index (κ2) is 5.99. The molecule has 0 aliphatic rings. The van der Waals surface area contributed by atoms with Crippen LogP contribution in [0.25, 0.3) is 0 Å². The van der Waals surface area contributed by atoms with E-state index in [4.69, 9.17) is 28.9 Å². The molecule has 3 N–H and O–H groups in total. The van der Waals surface area contributed by atoms with Crippen LogP contribution in [0.3, 0.4) is 0 Å². The number of nitrogens with two attached hydrogens (primary N) is 1. The lowest BCUT2D eigenvalue weighted by molar-refractivity contribution is 0.874. The van der Waals surface area contributed by atoms with Crippen LogP contribution >= 0.6 is 39.1 Å². The fourth-order valence-electron chi connectivity index (χ4n) is 1.65. The number of hydrogen-bond acceptors (Lipinski definition) is 3. The van der Waals surface area contributed by atoms with Crippen molar-refractivity contribution in [2.75, 3.05) is 11.1 Å². The Kier molecular flexibility index (Phi) is 4.55. The number of hydrogen-bond donors (Lipinski definition) is 2. The lowest BCUT2D eigenvalue weighted by Crippen LogP contribution is -2.09. The average molecular weight is 361 g/mol. The molecule has 0 saturated carbocycles. The van der Waals surface area contributed by atoms with Crippen LogP contribution in [0.4, 0.5) is 11.6 Å². The third-order valence-corrected chi connectivity index (χ3v) is 3.74. The number of halogens is 3. The van der Waals surface area contributed by atoms with E-state index in [0.717, 1.165) is 10.0 Å². The molecule has 0 spiro atoms. The summed E-state index contributed by atoms with van der Waals surface area (Å²) in [6.07, 6.45) is 0. The molecule has 1 atom stereocenters. The van der Waals surface area contributed by atoms with Gasteiger partial charge in [-0.05, 0) is 30.7 Å². The van der Waals surface area contributed by atoms with E-state index in [2.05, 4.69) is 26.2 Å². The summed E-state index contributed by atoms with van der Waals surface area (Å²) in [5.41, 5.74) is 6.79.